The fourth-order valence-electron chi connectivity index (χ4n) is 2.77. The number of amides is 2. The summed E-state index contributed by atoms with van der Waals surface area (Å²) in [6.45, 7) is 6.41. The Balaban J connectivity index is 2.19. The van der Waals surface area contributed by atoms with Gasteiger partial charge in [-0.3, -0.25) is 19.3 Å². The van der Waals surface area contributed by atoms with Crippen molar-refractivity contribution in [1.29, 1.82) is 0 Å². The number of benzene rings is 2. The van der Waals surface area contributed by atoms with E-state index in [0.29, 0.717) is 11.3 Å². The fraction of sp³-hybridized carbons (Fsp3) is 0.348. The van der Waals surface area contributed by atoms with E-state index in [4.69, 9.17) is 27.9 Å². The molecule has 2 aromatic carbocycles. The molecule has 0 fully saturated rings. The van der Waals surface area contributed by atoms with Crippen LogP contribution in [0.1, 0.15) is 33.3 Å². The maximum atomic E-state index is 13.2. The second kappa shape index (κ2) is 10.2. The van der Waals surface area contributed by atoms with E-state index in [0.717, 1.165) is 0 Å². The molecule has 31 heavy (non-hydrogen) atoms. The van der Waals surface area contributed by atoms with Gasteiger partial charge in [-0.25, -0.2) is 0 Å². The van der Waals surface area contributed by atoms with E-state index < -0.39 is 33.8 Å². The Kier molecular flexibility index (Phi) is 8.09. The van der Waals surface area contributed by atoms with E-state index in [-0.39, 0.29) is 6.54 Å². The van der Waals surface area contributed by atoms with Crippen molar-refractivity contribution in [1.82, 2.24) is 5.32 Å². The molecule has 0 aliphatic heterocycles. The van der Waals surface area contributed by atoms with Gasteiger partial charge in [0.05, 0.1) is 0 Å². The Morgan fingerprint density at radius 2 is 1.48 bits per heavy atom. The summed E-state index contributed by atoms with van der Waals surface area (Å²) < 4.78 is 3.47. The number of rotatable bonds is 7. The molecule has 1 unspecified atom stereocenters. The summed E-state index contributed by atoms with van der Waals surface area (Å²) >= 11 is 12.5. The molecule has 0 radical (unpaired) electrons. The highest BCUT2D eigenvalue weighted by molar-refractivity contribution is 6.57. The quantitative estimate of drug-likeness (QED) is 0.492. The van der Waals surface area contributed by atoms with Crippen molar-refractivity contribution in [3.05, 3.63) is 66.2 Å². The van der Waals surface area contributed by atoms with Crippen LogP contribution in [0.4, 0.5) is 5.69 Å². The van der Waals surface area contributed by atoms with Gasteiger partial charge in [0.2, 0.25) is 10.2 Å². The van der Waals surface area contributed by atoms with Gasteiger partial charge in [-0.05, 0) is 45.4 Å². The Morgan fingerprint density at radius 1 is 0.968 bits per heavy atom. The van der Waals surface area contributed by atoms with Gasteiger partial charge in [0, 0.05) is 5.69 Å². The number of para-hydroxylation sites is 1. The average molecular weight is 465 g/mol. The van der Waals surface area contributed by atoms with Crippen LogP contribution < -0.4 is 10.2 Å². The van der Waals surface area contributed by atoms with Gasteiger partial charge >= 0.3 is 5.97 Å². The molecule has 166 valence electrons. The second-order valence-electron chi connectivity index (χ2n) is 7.98. The first kappa shape index (κ1) is 24.7. The molecular weight excluding hydrogens is 439 g/mol. The van der Waals surface area contributed by atoms with Crippen molar-refractivity contribution in [2.45, 2.75) is 43.7 Å². The second-order valence-corrected chi connectivity index (χ2v) is 9.31. The Bertz CT molecular complexity index is 912. The summed E-state index contributed by atoms with van der Waals surface area (Å²) in [6.07, 6.45) is 0. The van der Waals surface area contributed by atoms with Crippen LogP contribution >= 0.6 is 23.2 Å². The topological polar surface area (TPSA) is 75.7 Å². The minimum absolute atomic E-state index is 0.314. The molecule has 0 bridgehead atoms. The van der Waals surface area contributed by atoms with Crippen LogP contribution in [0.3, 0.4) is 0 Å². The van der Waals surface area contributed by atoms with Crippen LogP contribution in [0, 0.1) is 0 Å². The van der Waals surface area contributed by atoms with Crippen LogP contribution in [0.5, 0.6) is 0 Å². The smallest absolute Gasteiger partial charge is 0.326 e. The Hall–Kier alpha value is -2.57. The van der Waals surface area contributed by atoms with Crippen molar-refractivity contribution in [3.8, 4) is 0 Å². The SMILES string of the molecule is CC(NC(=O)C(Cl)(Cl)c1ccccc1)C(=O)N(CC(=O)OC(C)(C)C)c1ccccc1. The van der Waals surface area contributed by atoms with E-state index >= 15 is 0 Å². The van der Waals surface area contributed by atoms with Crippen LogP contribution in [-0.4, -0.2) is 36.0 Å². The third kappa shape index (κ3) is 6.97. The van der Waals surface area contributed by atoms with Crippen LogP contribution in [0.15, 0.2) is 60.7 Å². The molecule has 0 saturated carbocycles. The molecular formula is C23H26Cl2N2O4. The summed E-state index contributed by atoms with van der Waals surface area (Å²) in [5.41, 5.74) is 0.171. The molecule has 0 aliphatic rings. The van der Waals surface area contributed by atoms with Crippen LogP contribution in [0.2, 0.25) is 0 Å². The Morgan fingerprint density at radius 3 is 2.00 bits per heavy atom. The highest BCUT2D eigenvalue weighted by Gasteiger charge is 2.38. The normalized spacial score (nSPS) is 12.6. The van der Waals surface area contributed by atoms with Crippen molar-refractivity contribution in [2.24, 2.45) is 0 Å². The number of hydrogen-bond donors (Lipinski definition) is 1. The number of nitrogens with zero attached hydrogens (tertiary/aromatic N) is 1. The summed E-state index contributed by atoms with van der Waals surface area (Å²) in [6, 6.07) is 16.1. The van der Waals surface area contributed by atoms with Crippen LogP contribution in [-0.2, 0) is 23.5 Å². The lowest BCUT2D eigenvalue weighted by Crippen LogP contribution is -2.51. The number of ether oxygens (including phenoxy) is 1. The third-order valence-electron chi connectivity index (χ3n) is 4.18. The standard InChI is InChI=1S/C23H26Cl2N2O4/c1-16(26-21(30)23(24,25)17-11-7-5-8-12-17)20(29)27(18-13-9-6-10-14-18)15-19(28)31-22(2,3)4/h5-14,16H,15H2,1-4H3,(H,26,30). The lowest BCUT2D eigenvalue weighted by Gasteiger charge is -2.28. The number of halogens is 2. The highest BCUT2D eigenvalue weighted by atomic mass is 35.5. The highest BCUT2D eigenvalue weighted by Crippen LogP contribution is 2.34. The number of anilines is 1. The van der Waals surface area contributed by atoms with E-state index in [2.05, 4.69) is 5.32 Å². The van der Waals surface area contributed by atoms with E-state index in [1.807, 2.05) is 0 Å². The summed E-state index contributed by atoms with van der Waals surface area (Å²) in [7, 11) is 0. The molecule has 0 aliphatic carbocycles. The molecule has 2 amide bonds. The maximum absolute atomic E-state index is 13.2. The van der Waals surface area contributed by atoms with E-state index in [9.17, 15) is 14.4 Å². The molecule has 8 heteroatoms. The largest absolute Gasteiger partial charge is 0.459 e. The number of carbonyl (C=O) groups excluding carboxylic acids is 3. The fourth-order valence-corrected chi connectivity index (χ4v) is 3.13. The van der Waals surface area contributed by atoms with Crippen molar-refractivity contribution in [3.63, 3.8) is 0 Å². The number of nitrogens with one attached hydrogen (secondary N) is 1. The lowest BCUT2D eigenvalue weighted by molar-refractivity contribution is -0.153. The van der Waals surface area contributed by atoms with E-state index in [1.54, 1.807) is 81.4 Å². The zero-order valence-corrected chi connectivity index (χ0v) is 19.4. The zero-order chi connectivity index (χ0) is 23.2. The molecule has 6 nitrogen and oxygen atoms in total. The van der Waals surface area contributed by atoms with Gasteiger partial charge in [-0.2, -0.15) is 0 Å². The molecule has 0 heterocycles. The lowest BCUT2D eigenvalue weighted by atomic mass is 10.1. The first-order valence-corrected chi connectivity index (χ1v) is 10.5. The number of carbonyl (C=O) groups is 3. The van der Waals surface area contributed by atoms with Crippen molar-refractivity contribution >= 4 is 46.7 Å². The Labute approximate surface area is 192 Å². The van der Waals surface area contributed by atoms with Gasteiger partial charge in [-0.1, -0.05) is 71.7 Å². The minimum Gasteiger partial charge on any atom is -0.459 e. The minimum atomic E-state index is -1.88. The van der Waals surface area contributed by atoms with Gasteiger partial charge in [-0.15, -0.1) is 0 Å². The summed E-state index contributed by atoms with van der Waals surface area (Å²) in [5, 5.41) is 2.54. The number of alkyl halides is 2. The van der Waals surface area contributed by atoms with Crippen molar-refractivity contribution < 1.29 is 19.1 Å². The predicted octanol–water partition coefficient (Wildman–Crippen LogP) is 4.20. The summed E-state index contributed by atoms with van der Waals surface area (Å²) in [5.74, 6) is -1.83. The maximum Gasteiger partial charge on any atom is 0.326 e. The first-order chi connectivity index (χ1) is 14.4. The van der Waals surface area contributed by atoms with Gasteiger partial charge in [0.25, 0.3) is 5.91 Å². The molecule has 0 spiro atoms. The molecule has 0 aromatic heterocycles. The molecule has 0 saturated heterocycles. The molecule has 2 rings (SSSR count). The van der Waals surface area contributed by atoms with E-state index in [1.165, 1.54) is 11.8 Å². The van der Waals surface area contributed by atoms with Gasteiger partial charge in [0.1, 0.15) is 18.2 Å². The summed E-state index contributed by atoms with van der Waals surface area (Å²) in [4.78, 5) is 39.5. The number of hydrogen-bond acceptors (Lipinski definition) is 4. The predicted molar refractivity (Wildman–Crippen MR) is 122 cm³/mol. The molecule has 1 N–H and O–H groups in total. The third-order valence-corrected chi connectivity index (χ3v) is 4.96. The molecule has 1 atom stereocenters. The van der Waals surface area contributed by atoms with Crippen molar-refractivity contribution in [2.75, 3.05) is 11.4 Å². The van der Waals surface area contributed by atoms with Gasteiger partial charge < -0.3 is 10.1 Å². The van der Waals surface area contributed by atoms with Crippen LogP contribution in [0.25, 0.3) is 0 Å². The zero-order valence-electron chi connectivity index (χ0n) is 17.9. The monoisotopic (exact) mass is 464 g/mol. The average Bonchev–Trinajstić information content (AvgIpc) is 2.71. The number of esters is 1. The van der Waals surface area contributed by atoms with Gasteiger partial charge in [0.15, 0.2) is 0 Å². The first-order valence-electron chi connectivity index (χ1n) is 9.74. The molecule has 2 aromatic rings.